The SMILES string of the molecule is CC(C)(CCCCS)C1CC(=O)O1. The fourth-order valence-electron chi connectivity index (χ4n) is 1.59. The summed E-state index contributed by atoms with van der Waals surface area (Å²) < 4.78 is 5.08. The molecule has 0 saturated carbocycles. The molecule has 0 aromatic rings. The van der Waals surface area contributed by atoms with Crippen molar-refractivity contribution in [2.45, 2.75) is 45.6 Å². The molecular formula is C10H18O2S. The second-order valence-electron chi connectivity index (χ2n) is 4.35. The highest BCUT2D eigenvalue weighted by Gasteiger charge is 2.40. The van der Waals surface area contributed by atoms with Gasteiger partial charge in [-0.1, -0.05) is 20.3 Å². The number of carbonyl (C=O) groups excluding carboxylic acids is 1. The van der Waals surface area contributed by atoms with Crippen LogP contribution < -0.4 is 0 Å². The molecule has 3 heteroatoms. The number of ether oxygens (including phenoxy) is 1. The molecule has 1 aliphatic heterocycles. The lowest BCUT2D eigenvalue weighted by Gasteiger charge is -2.39. The van der Waals surface area contributed by atoms with Crippen molar-refractivity contribution in [3.8, 4) is 0 Å². The average molecular weight is 202 g/mol. The third kappa shape index (κ3) is 2.90. The average Bonchev–Trinajstić information content (AvgIpc) is 1.99. The van der Waals surface area contributed by atoms with Gasteiger partial charge in [0.25, 0.3) is 0 Å². The number of thiol groups is 1. The fourth-order valence-corrected chi connectivity index (χ4v) is 1.81. The highest BCUT2D eigenvalue weighted by molar-refractivity contribution is 7.80. The highest BCUT2D eigenvalue weighted by atomic mass is 32.1. The van der Waals surface area contributed by atoms with Crippen molar-refractivity contribution in [1.82, 2.24) is 0 Å². The number of hydrogen-bond donors (Lipinski definition) is 1. The predicted octanol–water partition coefficient (Wildman–Crippen LogP) is 2.43. The topological polar surface area (TPSA) is 26.3 Å². The Hall–Kier alpha value is -0.180. The Morgan fingerprint density at radius 1 is 1.54 bits per heavy atom. The Kier molecular flexibility index (Phi) is 3.65. The molecule has 0 amide bonds. The quantitative estimate of drug-likeness (QED) is 0.421. The largest absolute Gasteiger partial charge is 0.461 e. The van der Waals surface area contributed by atoms with E-state index in [1.807, 2.05) is 0 Å². The molecule has 1 rings (SSSR count). The first kappa shape index (κ1) is 10.9. The van der Waals surface area contributed by atoms with Crippen LogP contribution in [0.3, 0.4) is 0 Å². The van der Waals surface area contributed by atoms with E-state index in [0.717, 1.165) is 18.6 Å². The number of carbonyl (C=O) groups is 1. The van der Waals surface area contributed by atoms with Gasteiger partial charge in [-0.2, -0.15) is 12.6 Å². The van der Waals surface area contributed by atoms with Gasteiger partial charge in [-0.15, -0.1) is 0 Å². The van der Waals surface area contributed by atoms with E-state index in [1.165, 1.54) is 6.42 Å². The molecule has 0 spiro atoms. The summed E-state index contributed by atoms with van der Waals surface area (Å²) in [5, 5.41) is 0. The molecule has 13 heavy (non-hydrogen) atoms. The van der Waals surface area contributed by atoms with Crippen molar-refractivity contribution < 1.29 is 9.53 Å². The van der Waals surface area contributed by atoms with E-state index in [1.54, 1.807) is 0 Å². The molecule has 2 nitrogen and oxygen atoms in total. The lowest BCUT2D eigenvalue weighted by Crippen LogP contribution is -2.44. The van der Waals surface area contributed by atoms with Gasteiger partial charge in [0.2, 0.25) is 0 Å². The zero-order valence-electron chi connectivity index (χ0n) is 8.38. The van der Waals surface area contributed by atoms with E-state index in [2.05, 4.69) is 26.5 Å². The van der Waals surface area contributed by atoms with Crippen LogP contribution in [-0.2, 0) is 9.53 Å². The van der Waals surface area contributed by atoms with Crippen molar-refractivity contribution in [1.29, 1.82) is 0 Å². The zero-order valence-corrected chi connectivity index (χ0v) is 9.27. The molecule has 0 N–H and O–H groups in total. The Labute approximate surface area is 85.4 Å². The third-order valence-corrected chi connectivity index (χ3v) is 3.04. The minimum atomic E-state index is -0.0488. The molecule has 0 bridgehead atoms. The molecule has 1 fully saturated rings. The van der Waals surface area contributed by atoms with Gasteiger partial charge in [0.05, 0.1) is 6.42 Å². The normalized spacial score (nSPS) is 22.4. The summed E-state index contributed by atoms with van der Waals surface area (Å²) in [6, 6.07) is 0. The maximum atomic E-state index is 10.7. The monoisotopic (exact) mass is 202 g/mol. The Morgan fingerprint density at radius 3 is 2.62 bits per heavy atom. The molecule has 76 valence electrons. The summed E-state index contributed by atoms with van der Waals surface area (Å²) in [5.41, 5.74) is 0.150. The third-order valence-electron chi connectivity index (χ3n) is 2.73. The van der Waals surface area contributed by atoms with Crippen LogP contribution in [-0.4, -0.2) is 17.8 Å². The van der Waals surface area contributed by atoms with E-state index < -0.39 is 0 Å². The van der Waals surface area contributed by atoms with Crippen molar-refractivity contribution in [2.75, 3.05) is 5.75 Å². The minimum absolute atomic E-state index is 0.0488. The Morgan fingerprint density at radius 2 is 2.15 bits per heavy atom. The molecule has 1 saturated heterocycles. The summed E-state index contributed by atoms with van der Waals surface area (Å²) in [6.45, 7) is 4.34. The Bertz CT molecular complexity index is 181. The van der Waals surface area contributed by atoms with Gasteiger partial charge in [-0.3, -0.25) is 4.79 Å². The predicted molar refractivity (Wildman–Crippen MR) is 56.0 cm³/mol. The summed E-state index contributed by atoms with van der Waals surface area (Å²) in [6.07, 6.45) is 4.19. The van der Waals surface area contributed by atoms with Crippen LogP contribution in [0.15, 0.2) is 0 Å². The van der Waals surface area contributed by atoms with E-state index in [-0.39, 0.29) is 17.5 Å². The van der Waals surface area contributed by atoms with Crippen molar-refractivity contribution >= 4 is 18.6 Å². The second-order valence-corrected chi connectivity index (χ2v) is 4.80. The molecule has 0 radical (unpaired) electrons. The first-order chi connectivity index (χ1) is 6.06. The summed E-state index contributed by atoms with van der Waals surface area (Å²) in [4.78, 5) is 10.7. The first-order valence-electron chi connectivity index (χ1n) is 4.86. The number of rotatable bonds is 5. The first-order valence-corrected chi connectivity index (χ1v) is 5.50. The fraction of sp³-hybridized carbons (Fsp3) is 0.900. The lowest BCUT2D eigenvalue weighted by molar-refractivity contribution is -0.182. The molecule has 1 aliphatic rings. The van der Waals surface area contributed by atoms with Crippen LogP contribution in [0.1, 0.15) is 39.5 Å². The number of hydrogen-bond acceptors (Lipinski definition) is 3. The molecule has 0 aromatic heterocycles. The summed E-state index contributed by atoms with van der Waals surface area (Å²) >= 11 is 4.17. The maximum Gasteiger partial charge on any atom is 0.309 e. The van der Waals surface area contributed by atoms with E-state index in [0.29, 0.717) is 6.42 Å². The smallest absolute Gasteiger partial charge is 0.309 e. The minimum Gasteiger partial charge on any atom is -0.461 e. The van der Waals surface area contributed by atoms with Gasteiger partial charge in [0.1, 0.15) is 6.10 Å². The standard InChI is InChI=1S/C10H18O2S/c1-10(2,5-3-4-6-13)8-7-9(11)12-8/h8,13H,3-7H2,1-2H3. The molecule has 0 aliphatic carbocycles. The van der Waals surface area contributed by atoms with Crippen LogP contribution in [0.2, 0.25) is 0 Å². The highest BCUT2D eigenvalue weighted by Crippen LogP contribution is 2.36. The van der Waals surface area contributed by atoms with Crippen LogP contribution >= 0.6 is 12.6 Å². The second kappa shape index (κ2) is 4.36. The van der Waals surface area contributed by atoms with Crippen molar-refractivity contribution in [2.24, 2.45) is 5.41 Å². The zero-order chi connectivity index (χ0) is 9.90. The van der Waals surface area contributed by atoms with Gasteiger partial charge < -0.3 is 4.74 Å². The molecule has 0 aromatic carbocycles. The van der Waals surface area contributed by atoms with Gasteiger partial charge in [0, 0.05) is 5.41 Å². The van der Waals surface area contributed by atoms with Gasteiger partial charge in [0.15, 0.2) is 0 Å². The van der Waals surface area contributed by atoms with Crippen LogP contribution in [0.25, 0.3) is 0 Å². The maximum absolute atomic E-state index is 10.7. The van der Waals surface area contributed by atoms with E-state index in [9.17, 15) is 4.79 Å². The van der Waals surface area contributed by atoms with Crippen molar-refractivity contribution in [3.05, 3.63) is 0 Å². The molecule has 1 heterocycles. The van der Waals surface area contributed by atoms with Crippen LogP contribution in [0.5, 0.6) is 0 Å². The molecule has 1 atom stereocenters. The number of esters is 1. The van der Waals surface area contributed by atoms with Gasteiger partial charge in [-0.05, 0) is 18.6 Å². The van der Waals surface area contributed by atoms with Gasteiger partial charge >= 0.3 is 5.97 Å². The summed E-state index contributed by atoms with van der Waals surface area (Å²) in [5.74, 6) is 0.896. The van der Waals surface area contributed by atoms with Crippen molar-refractivity contribution in [3.63, 3.8) is 0 Å². The van der Waals surface area contributed by atoms with Gasteiger partial charge in [-0.25, -0.2) is 0 Å². The van der Waals surface area contributed by atoms with Crippen LogP contribution in [0.4, 0.5) is 0 Å². The van der Waals surface area contributed by atoms with Crippen LogP contribution in [0, 0.1) is 5.41 Å². The number of unbranched alkanes of at least 4 members (excludes halogenated alkanes) is 1. The molecule has 1 unspecified atom stereocenters. The Balaban J connectivity index is 2.24. The van der Waals surface area contributed by atoms with E-state index >= 15 is 0 Å². The molecular weight excluding hydrogens is 184 g/mol. The number of cyclic esters (lactones) is 1. The lowest BCUT2D eigenvalue weighted by atomic mass is 9.78. The van der Waals surface area contributed by atoms with E-state index in [4.69, 9.17) is 4.74 Å². The summed E-state index contributed by atoms with van der Waals surface area (Å²) in [7, 11) is 0.